The number of rotatable bonds is 1. The van der Waals surface area contributed by atoms with Crippen molar-refractivity contribution in [3.63, 3.8) is 0 Å². The van der Waals surface area contributed by atoms with Crippen molar-refractivity contribution < 1.29 is 0 Å². The van der Waals surface area contributed by atoms with E-state index in [0.717, 1.165) is 11.3 Å². The summed E-state index contributed by atoms with van der Waals surface area (Å²) >= 11 is 1.23. The van der Waals surface area contributed by atoms with E-state index in [0.29, 0.717) is 10.7 Å². The van der Waals surface area contributed by atoms with Gasteiger partial charge in [0.1, 0.15) is 10.7 Å². The largest absolute Gasteiger partial charge is 0.395 e. The Balaban J connectivity index is 2.53. The van der Waals surface area contributed by atoms with Crippen molar-refractivity contribution in [2.45, 2.75) is 0 Å². The number of hydrogen-bond donors (Lipinski definition) is 2. The van der Waals surface area contributed by atoms with E-state index in [1.54, 1.807) is 0 Å². The molecular weight excluding hydrogens is 182 g/mol. The lowest BCUT2D eigenvalue weighted by molar-refractivity contribution is 1.52. The standard InChI is InChI=1S/C9H9N3S/c10-7-8(12-13-9(7)11)6-4-2-1-3-5-6/h1-5H,10-11H2. The molecule has 0 radical (unpaired) electrons. The Morgan fingerprint density at radius 1 is 1.08 bits per heavy atom. The number of nitrogens with two attached hydrogens (primary N) is 2. The Morgan fingerprint density at radius 2 is 1.77 bits per heavy atom. The molecule has 0 aliphatic carbocycles. The third-order valence-electron chi connectivity index (χ3n) is 1.80. The molecule has 0 atom stereocenters. The van der Waals surface area contributed by atoms with Crippen LogP contribution in [0.25, 0.3) is 11.3 Å². The monoisotopic (exact) mass is 191 g/mol. The molecular formula is C9H9N3S. The fourth-order valence-corrected chi connectivity index (χ4v) is 1.70. The van der Waals surface area contributed by atoms with Gasteiger partial charge in [-0.15, -0.1) is 0 Å². The highest BCUT2D eigenvalue weighted by atomic mass is 32.1. The van der Waals surface area contributed by atoms with Crippen LogP contribution in [0.2, 0.25) is 0 Å². The molecule has 1 aromatic carbocycles. The van der Waals surface area contributed by atoms with Crippen LogP contribution in [0.15, 0.2) is 30.3 Å². The zero-order valence-corrected chi connectivity index (χ0v) is 7.71. The molecule has 0 amide bonds. The predicted molar refractivity (Wildman–Crippen MR) is 56.4 cm³/mol. The van der Waals surface area contributed by atoms with Crippen LogP contribution in [0, 0.1) is 0 Å². The maximum Gasteiger partial charge on any atom is 0.130 e. The molecule has 2 rings (SSSR count). The minimum atomic E-state index is 0.580. The summed E-state index contributed by atoms with van der Waals surface area (Å²) in [6, 6.07) is 9.78. The Morgan fingerprint density at radius 3 is 2.31 bits per heavy atom. The summed E-state index contributed by atoms with van der Waals surface area (Å²) in [5, 5.41) is 0.582. The number of nitrogens with zero attached hydrogens (tertiary/aromatic N) is 1. The lowest BCUT2D eigenvalue weighted by Gasteiger charge is -1.96. The average Bonchev–Trinajstić information content (AvgIpc) is 2.49. The molecule has 0 bridgehead atoms. The lowest BCUT2D eigenvalue weighted by Crippen LogP contribution is -1.91. The van der Waals surface area contributed by atoms with E-state index in [1.165, 1.54) is 11.5 Å². The molecule has 4 N–H and O–H groups in total. The molecule has 0 saturated heterocycles. The van der Waals surface area contributed by atoms with E-state index < -0.39 is 0 Å². The molecule has 1 heterocycles. The first-order chi connectivity index (χ1) is 6.29. The van der Waals surface area contributed by atoms with Gasteiger partial charge in [0.05, 0.1) is 5.69 Å². The maximum absolute atomic E-state index is 5.76. The highest BCUT2D eigenvalue weighted by Crippen LogP contribution is 2.31. The third-order valence-corrected chi connectivity index (χ3v) is 2.49. The first-order valence-corrected chi connectivity index (χ1v) is 4.62. The van der Waals surface area contributed by atoms with Gasteiger partial charge in [-0.3, -0.25) is 0 Å². The summed E-state index contributed by atoms with van der Waals surface area (Å²) in [5.41, 5.74) is 13.7. The molecule has 0 unspecified atom stereocenters. The molecule has 3 nitrogen and oxygen atoms in total. The van der Waals surface area contributed by atoms with Gasteiger partial charge in [0.25, 0.3) is 0 Å². The molecule has 4 heteroatoms. The summed E-state index contributed by atoms with van der Waals surface area (Å²) in [4.78, 5) is 0. The Labute approximate surface area is 80.2 Å². The highest BCUT2D eigenvalue weighted by Gasteiger charge is 2.08. The quantitative estimate of drug-likeness (QED) is 0.724. The van der Waals surface area contributed by atoms with E-state index in [1.807, 2.05) is 30.3 Å². The van der Waals surface area contributed by atoms with Gasteiger partial charge in [0, 0.05) is 5.56 Å². The van der Waals surface area contributed by atoms with Crippen molar-refractivity contribution in [1.82, 2.24) is 4.37 Å². The zero-order valence-electron chi connectivity index (χ0n) is 6.90. The first-order valence-electron chi connectivity index (χ1n) is 3.85. The molecule has 0 saturated carbocycles. The van der Waals surface area contributed by atoms with Gasteiger partial charge >= 0.3 is 0 Å². The fourth-order valence-electron chi connectivity index (χ4n) is 1.11. The fraction of sp³-hybridized carbons (Fsp3) is 0. The summed E-state index contributed by atoms with van der Waals surface area (Å²) in [6.07, 6.45) is 0. The van der Waals surface area contributed by atoms with Crippen molar-refractivity contribution >= 4 is 22.2 Å². The normalized spacial score (nSPS) is 10.2. The topological polar surface area (TPSA) is 64.9 Å². The SMILES string of the molecule is Nc1snc(-c2ccccc2)c1N. The zero-order chi connectivity index (χ0) is 9.26. The van der Waals surface area contributed by atoms with Crippen molar-refractivity contribution in [3.05, 3.63) is 30.3 Å². The summed E-state index contributed by atoms with van der Waals surface area (Å²) in [7, 11) is 0. The molecule has 13 heavy (non-hydrogen) atoms. The van der Waals surface area contributed by atoms with Crippen molar-refractivity contribution in [2.75, 3.05) is 11.5 Å². The highest BCUT2D eigenvalue weighted by molar-refractivity contribution is 7.11. The van der Waals surface area contributed by atoms with Crippen molar-refractivity contribution in [1.29, 1.82) is 0 Å². The average molecular weight is 191 g/mol. The maximum atomic E-state index is 5.76. The van der Waals surface area contributed by atoms with E-state index in [-0.39, 0.29) is 0 Å². The number of hydrogen-bond acceptors (Lipinski definition) is 4. The number of aromatic nitrogens is 1. The van der Waals surface area contributed by atoms with Gasteiger partial charge in [0.2, 0.25) is 0 Å². The number of benzene rings is 1. The van der Waals surface area contributed by atoms with Crippen LogP contribution in [-0.2, 0) is 0 Å². The van der Waals surface area contributed by atoms with Gasteiger partial charge in [-0.2, -0.15) is 4.37 Å². The van der Waals surface area contributed by atoms with Crippen LogP contribution < -0.4 is 11.5 Å². The van der Waals surface area contributed by atoms with Crippen LogP contribution >= 0.6 is 11.5 Å². The first kappa shape index (κ1) is 8.07. The second-order valence-corrected chi connectivity index (χ2v) is 3.48. The summed E-state index contributed by atoms with van der Waals surface area (Å²) in [6.45, 7) is 0. The second kappa shape index (κ2) is 3.06. The minimum Gasteiger partial charge on any atom is -0.395 e. The molecule has 0 aliphatic heterocycles. The van der Waals surface area contributed by atoms with Crippen LogP contribution in [-0.4, -0.2) is 4.37 Å². The van der Waals surface area contributed by atoms with E-state index >= 15 is 0 Å². The van der Waals surface area contributed by atoms with Gasteiger partial charge in [-0.25, -0.2) is 0 Å². The van der Waals surface area contributed by atoms with Crippen LogP contribution in [0.3, 0.4) is 0 Å². The van der Waals surface area contributed by atoms with E-state index in [2.05, 4.69) is 4.37 Å². The lowest BCUT2D eigenvalue weighted by atomic mass is 10.1. The summed E-state index contributed by atoms with van der Waals surface area (Å²) in [5.74, 6) is 0. The van der Waals surface area contributed by atoms with E-state index in [9.17, 15) is 0 Å². The minimum absolute atomic E-state index is 0.580. The van der Waals surface area contributed by atoms with Gasteiger partial charge in [-0.1, -0.05) is 30.3 Å². The van der Waals surface area contributed by atoms with Gasteiger partial charge in [-0.05, 0) is 11.5 Å². The van der Waals surface area contributed by atoms with Gasteiger partial charge in [0.15, 0.2) is 0 Å². The molecule has 0 aliphatic rings. The third kappa shape index (κ3) is 1.36. The molecule has 2 aromatic rings. The molecule has 0 spiro atoms. The second-order valence-electron chi connectivity index (χ2n) is 2.68. The molecule has 0 fully saturated rings. The van der Waals surface area contributed by atoms with E-state index in [4.69, 9.17) is 11.5 Å². The molecule has 1 aromatic heterocycles. The van der Waals surface area contributed by atoms with Crippen molar-refractivity contribution in [2.24, 2.45) is 0 Å². The predicted octanol–water partition coefficient (Wildman–Crippen LogP) is 1.97. The Bertz CT molecular complexity index is 408. The van der Waals surface area contributed by atoms with Gasteiger partial charge < -0.3 is 11.5 Å². The number of anilines is 2. The molecule has 66 valence electrons. The smallest absolute Gasteiger partial charge is 0.130 e. The summed E-state index contributed by atoms with van der Waals surface area (Å²) < 4.78 is 4.18. The van der Waals surface area contributed by atoms with Crippen LogP contribution in [0.1, 0.15) is 0 Å². The van der Waals surface area contributed by atoms with Crippen molar-refractivity contribution in [3.8, 4) is 11.3 Å². The Kier molecular flexibility index (Phi) is 1.90. The van der Waals surface area contributed by atoms with Crippen LogP contribution in [0.5, 0.6) is 0 Å². The Hall–Kier alpha value is -1.55. The number of nitrogen functional groups attached to an aromatic ring is 2. The van der Waals surface area contributed by atoms with Crippen LogP contribution in [0.4, 0.5) is 10.7 Å².